The summed E-state index contributed by atoms with van der Waals surface area (Å²) in [4.78, 5) is 2.35. The number of anilines is 1. The van der Waals surface area contributed by atoms with Gasteiger partial charge in [-0.1, -0.05) is 41.9 Å². The fourth-order valence-electron chi connectivity index (χ4n) is 3.74. The van der Waals surface area contributed by atoms with Gasteiger partial charge in [0.05, 0.1) is 20.5 Å². The van der Waals surface area contributed by atoms with Crippen molar-refractivity contribution in [3.05, 3.63) is 94.1 Å². The van der Waals surface area contributed by atoms with E-state index >= 15 is 0 Å². The van der Waals surface area contributed by atoms with E-state index in [9.17, 15) is 13.7 Å². The molecule has 1 aliphatic rings. The molecule has 1 aliphatic heterocycles. The van der Waals surface area contributed by atoms with E-state index in [1.54, 1.807) is 48.5 Å². The number of thiol groups is 1. The number of hydrogen-bond acceptors (Lipinski definition) is 5. The second kappa shape index (κ2) is 9.25. The molecule has 0 radical (unpaired) electrons. The Bertz CT molecular complexity index is 1310. The van der Waals surface area contributed by atoms with Crippen molar-refractivity contribution in [2.24, 2.45) is 0 Å². The zero-order chi connectivity index (χ0) is 22.8. The van der Waals surface area contributed by atoms with Crippen LogP contribution >= 0.6 is 23.2 Å². The summed E-state index contributed by atoms with van der Waals surface area (Å²) in [6.45, 7) is 4.86. The molecule has 5 nitrogen and oxygen atoms in total. The van der Waals surface area contributed by atoms with Crippen molar-refractivity contribution in [2.45, 2.75) is 17.2 Å². The van der Waals surface area contributed by atoms with Gasteiger partial charge in [-0.05, 0) is 60.5 Å². The van der Waals surface area contributed by atoms with Gasteiger partial charge < -0.3 is 9.64 Å². The molecule has 0 aliphatic carbocycles. The Hall–Kier alpha value is -2.98. The molecule has 32 heavy (non-hydrogen) atoms. The van der Waals surface area contributed by atoms with E-state index in [0.717, 1.165) is 23.4 Å². The molecule has 3 aromatic carbocycles. The molecule has 0 aromatic heterocycles. The van der Waals surface area contributed by atoms with E-state index in [0.29, 0.717) is 27.9 Å². The van der Waals surface area contributed by atoms with Crippen LogP contribution < -0.4 is 9.64 Å². The first-order valence-corrected chi connectivity index (χ1v) is 11.7. The lowest BCUT2D eigenvalue weighted by Gasteiger charge is -2.20. The van der Waals surface area contributed by atoms with Gasteiger partial charge in [-0.15, -0.1) is 0 Å². The highest BCUT2D eigenvalue weighted by molar-refractivity contribution is 7.72. The Morgan fingerprint density at radius 1 is 1.06 bits per heavy atom. The molecule has 1 atom stereocenters. The minimum Gasteiger partial charge on any atom is -0.453 e. The monoisotopic (exact) mass is 484 g/mol. The Labute approximate surface area is 198 Å². The number of rotatable bonds is 5. The highest BCUT2D eigenvalue weighted by Crippen LogP contribution is 2.41. The predicted molar refractivity (Wildman–Crippen MR) is 127 cm³/mol. The fraction of sp³-hybridized carbons (Fsp3) is 0.125. The quantitative estimate of drug-likeness (QED) is 0.440. The fourth-order valence-corrected chi connectivity index (χ4v) is 4.50. The summed E-state index contributed by atoms with van der Waals surface area (Å²) in [5, 5.41) is 10.1. The van der Waals surface area contributed by atoms with Crippen molar-refractivity contribution in [3.63, 3.8) is 0 Å². The number of nitriles is 1. The van der Waals surface area contributed by atoms with Crippen LogP contribution in [-0.4, -0.2) is 15.0 Å². The third-order valence-corrected chi connectivity index (χ3v) is 6.69. The Morgan fingerprint density at radius 2 is 1.81 bits per heavy atom. The maximum absolute atomic E-state index is 11.1. The van der Waals surface area contributed by atoms with Gasteiger partial charge in [-0.3, -0.25) is 0 Å². The molecule has 0 N–H and O–H groups in total. The average Bonchev–Trinajstić information content (AvgIpc) is 3.18. The molecule has 4 rings (SSSR count). The Morgan fingerprint density at radius 3 is 2.50 bits per heavy atom. The normalized spacial score (nSPS) is 15.8. The lowest BCUT2D eigenvalue weighted by molar-refractivity contribution is 0.480. The second-order valence-electron chi connectivity index (χ2n) is 7.37. The van der Waals surface area contributed by atoms with Gasteiger partial charge in [-0.2, -0.15) is 5.26 Å². The maximum Gasteiger partial charge on any atom is 0.168 e. The van der Waals surface area contributed by atoms with Gasteiger partial charge >= 0.3 is 0 Å². The van der Waals surface area contributed by atoms with Gasteiger partial charge in [0.25, 0.3) is 0 Å². The average molecular weight is 485 g/mol. The van der Waals surface area contributed by atoms with Crippen molar-refractivity contribution in [3.8, 4) is 17.6 Å². The summed E-state index contributed by atoms with van der Waals surface area (Å²) in [7, 11) is -2.61. The van der Waals surface area contributed by atoms with Crippen LogP contribution in [0.15, 0.2) is 77.8 Å². The molecule has 162 valence electrons. The van der Waals surface area contributed by atoms with Gasteiger partial charge in [0, 0.05) is 23.8 Å². The number of halogens is 2. The van der Waals surface area contributed by atoms with Crippen molar-refractivity contribution in [1.82, 2.24) is 0 Å². The van der Waals surface area contributed by atoms with Gasteiger partial charge in [0.15, 0.2) is 16.5 Å². The highest BCUT2D eigenvalue weighted by Gasteiger charge is 2.28. The van der Waals surface area contributed by atoms with E-state index in [1.807, 2.05) is 12.1 Å². The van der Waals surface area contributed by atoms with Crippen LogP contribution in [0.5, 0.6) is 11.5 Å². The van der Waals surface area contributed by atoms with Crippen LogP contribution in [0.25, 0.3) is 0 Å². The summed E-state index contributed by atoms with van der Waals surface area (Å²) in [5.41, 5.74) is 3.16. The lowest BCUT2D eigenvalue weighted by atomic mass is 9.97. The molecule has 1 fully saturated rings. The van der Waals surface area contributed by atoms with Crippen LogP contribution in [0, 0.1) is 11.3 Å². The van der Waals surface area contributed by atoms with Gasteiger partial charge in [-0.25, -0.2) is 8.42 Å². The van der Waals surface area contributed by atoms with E-state index in [1.165, 1.54) is 0 Å². The second-order valence-corrected chi connectivity index (χ2v) is 9.22. The summed E-state index contributed by atoms with van der Waals surface area (Å²) in [6.07, 6.45) is 0.730. The molecule has 1 saturated heterocycles. The number of allylic oxidation sites excluding steroid dienone is 1. The number of para-hydroxylation sites is 1. The van der Waals surface area contributed by atoms with Crippen molar-refractivity contribution in [2.75, 3.05) is 11.4 Å². The first kappa shape index (κ1) is 22.2. The highest BCUT2D eigenvalue weighted by atomic mass is 35.5. The van der Waals surface area contributed by atoms with Gasteiger partial charge in [0.1, 0.15) is 11.8 Å². The van der Waals surface area contributed by atoms with E-state index in [4.69, 9.17) is 27.9 Å². The lowest BCUT2D eigenvalue weighted by Crippen LogP contribution is -2.17. The largest absolute Gasteiger partial charge is 0.453 e. The third kappa shape index (κ3) is 4.46. The first-order chi connectivity index (χ1) is 15.4. The summed E-state index contributed by atoms with van der Waals surface area (Å²) in [6, 6.07) is 19.4. The van der Waals surface area contributed by atoms with Crippen molar-refractivity contribution in [1.29, 1.82) is 5.26 Å². The molecule has 0 amide bonds. The van der Waals surface area contributed by atoms with Crippen LogP contribution in [0.2, 0.25) is 10.0 Å². The minimum atomic E-state index is -2.61. The number of hydrogen-bond donors (Lipinski definition) is 1. The molecule has 8 heteroatoms. The number of nitrogens with zero attached hydrogens (tertiary/aromatic N) is 2. The van der Waals surface area contributed by atoms with Crippen LogP contribution in [-0.2, 0) is 10.7 Å². The number of ether oxygens (including phenoxy) is 1. The number of benzene rings is 3. The zero-order valence-corrected chi connectivity index (χ0v) is 19.2. The van der Waals surface area contributed by atoms with Crippen LogP contribution in [0.1, 0.15) is 23.5 Å². The third-order valence-electron chi connectivity index (χ3n) is 5.37. The molecule has 0 bridgehead atoms. The molecular weight excluding hydrogens is 467 g/mol. The predicted octanol–water partition coefficient (Wildman–Crippen LogP) is 6.14. The van der Waals surface area contributed by atoms with E-state index in [-0.39, 0.29) is 16.6 Å². The van der Waals surface area contributed by atoms with Crippen molar-refractivity contribution >= 4 is 39.6 Å². The molecule has 0 spiro atoms. The van der Waals surface area contributed by atoms with Crippen molar-refractivity contribution < 1.29 is 13.2 Å². The smallest absolute Gasteiger partial charge is 0.168 e. The molecule has 0 saturated carbocycles. The zero-order valence-electron chi connectivity index (χ0n) is 16.8. The maximum atomic E-state index is 11.1. The standard InChI is InChI=1S/C24H18Cl2N2O3S/c1-15-11-18(14-28(15)19-6-8-20(9-7-19)32(29)30)16-5-10-21(25)23(12-16)31-24-17(13-27)3-2-4-22(24)26/h2-10,12,18,32H,1,11,14H2/t18-/m0/s1. The topological polar surface area (TPSA) is 70.4 Å². The van der Waals surface area contributed by atoms with Gasteiger partial charge in [0.2, 0.25) is 0 Å². The molecular formula is C24H18Cl2N2O3S. The Balaban J connectivity index is 1.59. The summed E-state index contributed by atoms with van der Waals surface area (Å²) >= 11 is 12.6. The van der Waals surface area contributed by atoms with Crippen LogP contribution in [0.4, 0.5) is 5.69 Å². The Kier molecular flexibility index (Phi) is 6.43. The van der Waals surface area contributed by atoms with E-state index < -0.39 is 10.7 Å². The molecule has 0 unspecified atom stereocenters. The summed E-state index contributed by atoms with van der Waals surface area (Å²) < 4.78 is 28.2. The minimum absolute atomic E-state index is 0.139. The molecule has 1 heterocycles. The van der Waals surface area contributed by atoms with Crippen LogP contribution in [0.3, 0.4) is 0 Å². The SMILES string of the molecule is C=C1C[C@H](c2ccc(Cl)c(Oc3c(Cl)cccc3C#N)c2)CN1c1ccc([SH](=O)=O)cc1. The molecule has 3 aromatic rings. The first-order valence-electron chi connectivity index (χ1n) is 9.73. The van der Waals surface area contributed by atoms with E-state index in [2.05, 4.69) is 17.5 Å². The summed E-state index contributed by atoms with van der Waals surface area (Å²) in [5.74, 6) is 0.825.